The first-order chi connectivity index (χ1) is 11.4. The van der Waals surface area contributed by atoms with Gasteiger partial charge in [0, 0.05) is 54.2 Å². The molecule has 0 aliphatic heterocycles. The van der Waals surface area contributed by atoms with Crippen LogP contribution >= 0.6 is 0 Å². The second kappa shape index (κ2) is 5.84. The minimum atomic E-state index is 0.821. The SMILES string of the molecule is c1cc(Cc2cc(-c3n[nH]nc3-c3ccncc3)c[nH]2)ccn1. The van der Waals surface area contributed by atoms with Crippen molar-refractivity contribution >= 4 is 0 Å². The summed E-state index contributed by atoms with van der Waals surface area (Å²) >= 11 is 0. The van der Waals surface area contributed by atoms with Gasteiger partial charge in [0.15, 0.2) is 0 Å². The smallest absolute Gasteiger partial charge is 0.122 e. The van der Waals surface area contributed by atoms with E-state index in [0.29, 0.717) is 0 Å². The molecular formula is C17H14N6. The van der Waals surface area contributed by atoms with Gasteiger partial charge >= 0.3 is 0 Å². The highest BCUT2D eigenvalue weighted by atomic mass is 15.3. The lowest BCUT2D eigenvalue weighted by atomic mass is 10.1. The van der Waals surface area contributed by atoms with Crippen LogP contribution in [0.1, 0.15) is 11.3 Å². The molecule has 4 aromatic rings. The van der Waals surface area contributed by atoms with E-state index in [2.05, 4.69) is 36.4 Å². The van der Waals surface area contributed by atoms with Gasteiger partial charge in [-0.1, -0.05) is 0 Å². The summed E-state index contributed by atoms with van der Waals surface area (Å²) in [7, 11) is 0. The normalized spacial score (nSPS) is 10.8. The maximum Gasteiger partial charge on any atom is 0.122 e. The molecule has 0 radical (unpaired) electrons. The zero-order valence-corrected chi connectivity index (χ0v) is 12.3. The Balaban J connectivity index is 1.64. The van der Waals surface area contributed by atoms with E-state index in [9.17, 15) is 0 Å². The molecule has 6 nitrogen and oxygen atoms in total. The minimum absolute atomic E-state index is 0.821. The van der Waals surface area contributed by atoms with E-state index in [1.54, 1.807) is 24.8 Å². The molecule has 4 heterocycles. The van der Waals surface area contributed by atoms with Gasteiger partial charge in [0.05, 0.1) is 0 Å². The molecule has 112 valence electrons. The summed E-state index contributed by atoms with van der Waals surface area (Å²) in [5.41, 5.74) is 5.98. The summed E-state index contributed by atoms with van der Waals surface area (Å²) in [6.07, 6.45) is 9.89. The first-order valence-electron chi connectivity index (χ1n) is 7.28. The molecule has 0 aromatic carbocycles. The molecule has 2 N–H and O–H groups in total. The van der Waals surface area contributed by atoms with Gasteiger partial charge in [-0.3, -0.25) is 9.97 Å². The molecule has 0 spiro atoms. The van der Waals surface area contributed by atoms with Crippen LogP contribution in [0.5, 0.6) is 0 Å². The quantitative estimate of drug-likeness (QED) is 0.607. The second-order valence-corrected chi connectivity index (χ2v) is 5.20. The topological polar surface area (TPSA) is 83.1 Å². The fourth-order valence-electron chi connectivity index (χ4n) is 2.54. The van der Waals surface area contributed by atoms with E-state index in [-0.39, 0.29) is 0 Å². The standard InChI is InChI=1S/C17H14N6/c1-5-18-6-2-12(1)9-15-10-14(11-20-15)17-16(21-23-22-17)13-3-7-19-8-4-13/h1-8,10-11,20H,9H2,(H,21,22,23). The molecule has 23 heavy (non-hydrogen) atoms. The van der Waals surface area contributed by atoms with Gasteiger partial charge in [-0.05, 0) is 35.9 Å². The Morgan fingerprint density at radius 2 is 1.43 bits per heavy atom. The number of pyridine rings is 2. The van der Waals surface area contributed by atoms with Crippen molar-refractivity contribution in [2.45, 2.75) is 6.42 Å². The largest absolute Gasteiger partial charge is 0.364 e. The maximum absolute atomic E-state index is 4.30. The van der Waals surface area contributed by atoms with Crippen molar-refractivity contribution in [1.29, 1.82) is 0 Å². The number of aromatic nitrogens is 6. The minimum Gasteiger partial charge on any atom is -0.364 e. The number of rotatable bonds is 4. The molecule has 0 saturated heterocycles. The Bertz CT molecular complexity index is 895. The van der Waals surface area contributed by atoms with E-state index in [4.69, 9.17) is 0 Å². The van der Waals surface area contributed by atoms with Gasteiger partial charge in [0.25, 0.3) is 0 Å². The third-order valence-electron chi connectivity index (χ3n) is 3.66. The van der Waals surface area contributed by atoms with Crippen LogP contribution in [-0.2, 0) is 6.42 Å². The maximum atomic E-state index is 4.30. The van der Waals surface area contributed by atoms with Crippen LogP contribution in [-0.4, -0.2) is 30.4 Å². The van der Waals surface area contributed by atoms with Crippen LogP contribution in [0.15, 0.2) is 61.3 Å². The van der Waals surface area contributed by atoms with Crippen LogP contribution in [0.2, 0.25) is 0 Å². The Hall–Kier alpha value is -3.28. The predicted molar refractivity (Wildman–Crippen MR) is 86.4 cm³/mol. The Labute approximate surface area is 132 Å². The van der Waals surface area contributed by atoms with E-state index in [1.807, 2.05) is 30.5 Å². The van der Waals surface area contributed by atoms with Crippen molar-refractivity contribution in [2.24, 2.45) is 0 Å². The van der Waals surface area contributed by atoms with E-state index >= 15 is 0 Å². The molecular weight excluding hydrogens is 288 g/mol. The molecule has 0 bridgehead atoms. The highest BCUT2D eigenvalue weighted by Crippen LogP contribution is 2.28. The van der Waals surface area contributed by atoms with Gasteiger partial charge < -0.3 is 4.98 Å². The van der Waals surface area contributed by atoms with E-state index in [1.165, 1.54) is 5.56 Å². The Morgan fingerprint density at radius 1 is 0.783 bits per heavy atom. The molecule has 6 heteroatoms. The molecule has 0 unspecified atom stereocenters. The first-order valence-corrected chi connectivity index (χ1v) is 7.28. The van der Waals surface area contributed by atoms with Crippen LogP contribution < -0.4 is 0 Å². The number of aromatic amines is 2. The predicted octanol–water partition coefficient (Wildman–Crippen LogP) is 2.85. The summed E-state index contributed by atoms with van der Waals surface area (Å²) in [6, 6.07) is 9.97. The van der Waals surface area contributed by atoms with Crippen LogP contribution in [0.25, 0.3) is 22.5 Å². The van der Waals surface area contributed by atoms with E-state index < -0.39 is 0 Å². The van der Waals surface area contributed by atoms with Crippen molar-refractivity contribution in [3.8, 4) is 22.5 Å². The summed E-state index contributed by atoms with van der Waals surface area (Å²) in [5, 5.41) is 11.3. The van der Waals surface area contributed by atoms with Gasteiger partial charge in [-0.15, -0.1) is 0 Å². The Morgan fingerprint density at radius 3 is 2.17 bits per heavy atom. The monoisotopic (exact) mass is 302 g/mol. The second-order valence-electron chi connectivity index (χ2n) is 5.20. The van der Waals surface area contributed by atoms with Crippen LogP contribution in [0.3, 0.4) is 0 Å². The average molecular weight is 302 g/mol. The average Bonchev–Trinajstić information content (AvgIpc) is 3.25. The van der Waals surface area contributed by atoms with E-state index in [0.717, 1.165) is 34.6 Å². The van der Waals surface area contributed by atoms with Gasteiger partial charge in [0.2, 0.25) is 0 Å². The zero-order chi connectivity index (χ0) is 15.5. The lowest BCUT2D eigenvalue weighted by Crippen LogP contribution is -1.87. The summed E-state index contributed by atoms with van der Waals surface area (Å²) in [6.45, 7) is 0. The fourth-order valence-corrected chi connectivity index (χ4v) is 2.54. The van der Waals surface area contributed by atoms with Crippen molar-refractivity contribution < 1.29 is 0 Å². The number of hydrogen-bond acceptors (Lipinski definition) is 4. The number of nitrogens with one attached hydrogen (secondary N) is 2. The molecule has 0 atom stereocenters. The molecule has 4 rings (SSSR count). The third kappa shape index (κ3) is 2.74. The lowest BCUT2D eigenvalue weighted by Gasteiger charge is -1.98. The fraction of sp³-hybridized carbons (Fsp3) is 0.0588. The summed E-state index contributed by atoms with van der Waals surface area (Å²) in [5.74, 6) is 0. The Kier molecular flexibility index (Phi) is 3.40. The highest BCUT2D eigenvalue weighted by molar-refractivity contribution is 5.77. The molecule has 0 amide bonds. The molecule has 4 aromatic heterocycles. The van der Waals surface area contributed by atoms with Gasteiger partial charge in [-0.25, -0.2) is 0 Å². The van der Waals surface area contributed by atoms with Crippen LogP contribution in [0, 0.1) is 0 Å². The van der Waals surface area contributed by atoms with Crippen molar-refractivity contribution in [2.75, 3.05) is 0 Å². The number of nitrogens with zero attached hydrogens (tertiary/aromatic N) is 4. The van der Waals surface area contributed by atoms with Gasteiger partial charge in [0.1, 0.15) is 11.4 Å². The van der Waals surface area contributed by atoms with Crippen molar-refractivity contribution in [1.82, 2.24) is 30.4 Å². The molecule has 0 saturated carbocycles. The number of hydrogen-bond donors (Lipinski definition) is 2. The lowest BCUT2D eigenvalue weighted by molar-refractivity contribution is 0.944. The van der Waals surface area contributed by atoms with Crippen molar-refractivity contribution in [3.63, 3.8) is 0 Å². The number of H-pyrrole nitrogens is 2. The molecule has 0 aliphatic rings. The third-order valence-corrected chi connectivity index (χ3v) is 3.66. The molecule has 0 aliphatic carbocycles. The summed E-state index contributed by atoms with van der Waals surface area (Å²) in [4.78, 5) is 11.4. The molecule has 0 fully saturated rings. The van der Waals surface area contributed by atoms with Gasteiger partial charge in [-0.2, -0.15) is 15.4 Å². The highest BCUT2D eigenvalue weighted by Gasteiger charge is 2.13. The zero-order valence-electron chi connectivity index (χ0n) is 12.3. The first kappa shape index (κ1) is 13.4. The summed E-state index contributed by atoms with van der Waals surface area (Å²) < 4.78 is 0. The van der Waals surface area contributed by atoms with Crippen molar-refractivity contribution in [3.05, 3.63) is 72.6 Å². The van der Waals surface area contributed by atoms with Crippen LogP contribution in [0.4, 0.5) is 0 Å².